The molecule has 0 saturated heterocycles. The largest absolute Gasteiger partial charge is 0.504 e. The first-order valence-corrected chi connectivity index (χ1v) is 19.2. The number of pyridine rings is 1. The van der Waals surface area contributed by atoms with E-state index >= 15 is 0 Å². The molecule has 1 aromatic heterocycles. The van der Waals surface area contributed by atoms with E-state index in [4.69, 9.17) is 10.1 Å². The molecular formula is C40H39F3IrNO2Si-. The van der Waals surface area contributed by atoms with E-state index in [0.717, 1.165) is 22.2 Å². The number of halogens is 3. The van der Waals surface area contributed by atoms with Gasteiger partial charge >= 0.3 is 6.18 Å². The Morgan fingerprint density at radius 1 is 0.875 bits per heavy atom. The molecular weight excluding hydrogens is 804 g/mol. The Morgan fingerprint density at radius 2 is 1.50 bits per heavy atom. The van der Waals surface area contributed by atoms with Gasteiger partial charge in [0, 0.05) is 32.1 Å². The Labute approximate surface area is 295 Å². The predicted molar refractivity (Wildman–Crippen MR) is 189 cm³/mol. The van der Waals surface area contributed by atoms with Crippen molar-refractivity contribution in [2.24, 2.45) is 5.92 Å². The van der Waals surface area contributed by atoms with Gasteiger partial charge in [0.05, 0.1) is 13.6 Å². The molecule has 4 aromatic carbocycles. The molecule has 1 heterocycles. The Morgan fingerprint density at radius 3 is 2.12 bits per heavy atom. The maximum atomic E-state index is 11.6. The quantitative estimate of drug-likeness (QED) is 0.0830. The van der Waals surface area contributed by atoms with E-state index in [2.05, 4.69) is 131 Å². The van der Waals surface area contributed by atoms with Crippen molar-refractivity contribution >= 4 is 29.9 Å². The van der Waals surface area contributed by atoms with Crippen LogP contribution in [0.4, 0.5) is 13.2 Å². The number of aliphatic hydroxyl groups excluding tert-OH is 1. The van der Waals surface area contributed by atoms with E-state index in [-0.39, 0.29) is 31.6 Å². The molecule has 0 saturated carbocycles. The number of ketones is 1. The number of nitrogens with zero attached hydrogens (tertiary/aromatic N) is 1. The average molecular weight is 843 g/mol. The van der Waals surface area contributed by atoms with Crippen LogP contribution < -0.4 is 5.19 Å². The number of aromatic nitrogens is 1. The molecule has 251 valence electrons. The van der Waals surface area contributed by atoms with Gasteiger partial charge in [-0.1, -0.05) is 136 Å². The van der Waals surface area contributed by atoms with Crippen molar-refractivity contribution in [3.63, 3.8) is 0 Å². The smallest absolute Gasteiger partial charge is 0.448 e. The number of allylic oxidation sites excluding steroid dienone is 2. The number of alkyl halides is 3. The summed E-state index contributed by atoms with van der Waals surface area (Å²) in [6.45, 7) is 14.7. The minimum atomic E-state index is -4.83. The van der Waals surface area contributed by atoms with Crippen LogP contribution >= 0.6 is 0 Å². The molecule has 1 aliphatic rings. The summed E-state index contributed by atoms with van der Waals surface area (Å²) in [5.41, 5.74) is 10.8. The monoisotopic (exact) mass is 843 g/mol. The van der Waals surface area contributed by atoms with Gasteiger partial charge in [-0.15, -0.1) is 29.3 Å². The first-order valence-electron chi connectivity index (χ1n) is 15.7. The SMILES string of the molecule is CC(C)C(=O)/C=C(\O)C(F)(F)F.CC1(C)c2ccccc2-c2c[c-]c(-c3ccc4ccc(-c5ccc([Si](C)(C)C)cc5)cc4n3)cc21.[Ir]. The molecule has 1 radical (unpaired) electrons. The summed E-state index contributed by atoms with van der Waals surface area (Å²) in [6, 6.07) is 36.7. The van der Waals surface area contributed by atoms with Crippen LogP contribution in [0.1, 0.15) is 38.8 Å². The Hall–Kier alpha value is -3.84. The molecule has 0 fully saturated rings. The summed E-state index contributed by atoms with van der Waals surface area (Å²) >= 11 is 0. The number of carbonyl (C=O) groups is 1. The van der Waals surface area contributed by atoms with E-state index in [1.807, 2.05) is 0 Å². The molecule has 48 heavy (non-hydrogen) atoms. The molecule has 0 amide bonds. The summed E-state index contributed by atoms with van der Waals surface area (Å²) < 4.78 is 34.8. The summed E-state index contributed by atoms with van der Waals surface area (Å²) in [6.07, 6.45) is -4.63. The maximum Gasteiger partial charge on any atom is 0.448 e. The van der Waals surface area contributed by atoms with Gasteiger partial charge in [-0.2, -0.15) is 13.2 Å². The molecule has 1 N–H and O–H groups in total. The van der Waals surface area contributed by atoms with Crippen LogP contribution in [0.2, 0.25) is 19.6 Å². The number of rotatable bonds is 5. The fourth-order valence-electron chi connectivity index (χ4n) is 5.78. The van der Waals surface area contributed by atoms with Crippen molar-refractivity contribution < 1.29 is 43.2 Å². The van der Waals surface area contributed by atoms with E-state index in [1.165, 1.54) is 52.4 Å². The van der Waals surface area contributed by atoms with E-state index in [9.17, 15) is 18.0 Å². The van der Waals surface area contributed by atoms with Crippen molar-refractivity contribution in [2.75, 3.05) is 0 Å². The van der Waals surface area contributed by atoms with Crippen LogP contribution in [0, 0.1) is 12.0 Å². The minimum Gasteiger partial charge on any atom is -0.504 e. The summed E-state index contributed by atoms with van der Waals surface area (Å²) in [4.78, 5) is 15.7. The molecule has 0 spiro atoms. The molecule has 0 aliphatic heterocycles. The van der Waals surface area contributed by atoms with Crippen LogP contribution in [0.5, 0.6) is 0 Å². The van der Waals surface area contributed by atoms with Crippen LogP contribution in [0.15, 0.2) is 103 Å². The maximum absolute atomic E-state index is 11.6. The van der Waals surface area contributed by atoms with Gasteiger partial charge < -0.3 is 5.11 Å². The second-order valence-electron chi connectivity index (χ2n) is 13.9. The van der Waals surface area contributed by atoms with Crippen molar-refractivity contribution in [1.29, 1.82) is 0 Å². The third-order valence-electron chi connectivity index (χ3n) is 8.71. The zero-order valence-electron chi connectivity index (χ0n) is 28.1. The van der Waals surface area contributed by atoms with Crippen LogP contribution in [0.25, 0.3) is 44.4 Å². The fourth-order valence-corrected chi connectivity index (χ4v) is 6.95. The molecule has 5 aromatic rings. The third-order valence-corrected chi connectivity index (χ3v) is 10.8. The third kappa shape index (κ3) is 7.72. The van der Waals surface area contributed by atoms with E-state index in [1.54, 1.807) is 0 Å². The van der Waals surface area contributed by atoms with Crippen molar-refractivity contribution in [1.82, 2.24) is 4.98 Å². The first-order chi connectivity index (χ1) is 22.0. The summed E-state index contributed by atoms with van der Waals surface area (Å²) in [5.74, 6) is -3.14. The topological polar surface area (TPSA) is 50.2 Å². The molecule has 0 atom stereocenters. The molecule has 8 heteroatoms. The van der Waals surface area contributed by atoms with Gasteiger partial charge in [0.2, 0.25) is 5.76 Å². The zero-order chi connectivity index (χ0) is 34.3. The zero-order valence-corrected chi connectivity index (χ0v) is 31.5. The molecule has 3 nitrogen and oxygen atoms in total. The number of benzene rings is 4. The Balaban J connectivity index is 0.000000345. The van der Waals surface area contributed by atoms with Crippen molar-refractivity contribution in [3.8, 4) is 33.5 Å². The molecule has 6 rings (SSSR count). The van der Waals surface area contributed by atoms with Gasteiger partial charge in [0.15, 0.2) is 5.78 Å². The molecule has 0 bridgehead atoms. The Bertz CT molecular complexity index is 1990. The van der Waals surface area contributed by atoms with Crippen molar-refractivity contribution in [3.05, 3.63) is 120 Å². The number of hydrogen-bond acceptors (Lipinski definition) is 3. The van der Waals surface area contributed by atoms with Crippen LogP contribution in [0.3, 0.4) is 0 Å². The van der Waals surface area contributed by atoms with Gasteiger partial charge in [-0.3, -0.25) is 9.78 Å². The Kier molecular flexibility index (Phi) is 10.7. The summed E-state index contributed by atoms with van der Waals surface area (Å²) in [5, 5.41) is 11.0. The van der Waals surface area contributed by atoms with E-state index < -0.39 is 31.7 Å². The normalized spacial score (nSPS) is 13.7. The van der Waals surface area contributed by atoms with Crippen molar-refractivity contribution in [2.45, 2.75) is 58.9 Å². The summed E-state index contributed by atoms with van der Waals surface area (Å²) in [7, 11) is -1.30. The van der Waals surface area contributed by atoms with E-state index in [0.29, 0.717) is 0 Å². The minimum absolute atomic E-state index is 0. The molecule has 0 unspecified atom stereocenters. The first kappa shape index (κ1) is 37.0. The number of aliphatic hydroxyl groups is 1. The number of hydrogen-bond donors (Lipinski definition) is 1. The van der Waals surface area contributed by atoms with Gasteiger partial charge in [-0.25, -0.2) is 0 Å². The standard InChI is InChI=1S/C33H30NSi.C7H9F3O2.Ir/c1-33(2)29-9-7-6-8-27(29)28-18-14-25(20-30(28)33)31-19-15-23-10-11-24(21-32(23)34-31)22-12-16-26(17-13-22)35(3,4)5;1-4(2)5(11)3-6(12)7(8,9)10;/h6-13,15-21H,1-5H3;3-4,12H,1-2H3;/q-1;;/b;6-3-;. The number of carbonyl (C=O) groups excluding carboxylic acids is 1. The van der Waals surface area contributed by atoms with Crippen LogP contribution in [-0.2, 0) is 30.3 Å². The number of fused-ring (bicyclic) bond motifs is 4. The van der Waals surface area contributed by atoms with Gasteiger partial charge in [0.25, 0.3) is 0 Å². The molecule has 1 aliphatic carbocycles. The van der Waals surface area contributed by atoms with Crippen LogP contribution in [-0.4, -0.2) is 30.1 Å². The average Bonchev–Trinajstić information content (AvgIpc) is 3.26. The van der Waals surface area contributed by atoms with Gasteiger partial charge in [0.1, 0.15) is 0 Å². The van der Waals surface area contributed by atoms with Gasteiger partial charge in [-0.05, 0) is 39.3 Å². The second-order valence-corrected chi connectivity index (χ2v) is 18.9. The second kappa shape index (κ2) is 13.9. The fraction of sp³-hybridized carbons (Fsp3) is 0.250. The predicted octanol–water partition coefficient (Wildman–Crippen LogP) is 10.4.